The highest BCUT2D eigenvalue weighted by atomic mass is 127. The lowest BCUT2D eigenvalue weighted by atomic mass is 10.1. The fraction of sp³-hybridized carbons (Fsp3) is 0.235. The summed E-state index contributed by atoms with van der Waals surface area (Å²) in [4.78, 5) is 4.33. The predicted molar refractivity (Wildman–Crippen MR) is 105 cm³/mol. The molecule has 6 heteroatoms. The first-order chi connectivity index (χ1) is 10.7. The molecule has 0 bridgehead atoms. The van der Waals surface area contributed by atoms with Crippen LogP contribution < -0.4 is 20.5 Å². The van der Waals surface area contributed by atoms with Crippen molar-refractivity contribution in [1.29, 1.82) is 0 Å². The van der Waals surface area contributed by atoms with Gasteiger partial charge < -0.3 is 20.5 Å². The molecular weight excluding hydrogens is 405 g/mol. The summed E-state index contributed by atoms with van der Waals surface area (Å²) in [6.45, 7) is 0.565. The second kappa shape index (κ2) is 9.94. The number of nitrogens with two attached hydrogens (primary N) is 1. The Kier molecular flexibility index (Phi) is 8.25. The number of rotatable bonds is 6. The average molecular weight is 427 g/mol. The van der Waals surface area contributed by atoms with Gasteiger partial charge in [-0.2, -0.15) is 0 Å². The minimum Gasteiger partial charge on any atom is -0.497 e. The van der Waals surface area contributed by atoms with Crippen LogP contribution in [0.5, 0.6) is 11.5 Å². The second-order valence-electron chi connectivity index (χ2n) is 4.69. The lowest BCUT2D eigenvalue weighted by Gasteiger charge is -2.10. The van der Waals surface area contributed by atoms with Crippen molar-refractivity contribution in [2.24, 2.45) is 10.7 Å². The van der Waals surface area contributed by atoms with Crippen molar-refractivity contribution in [2.45, 2.75) is 6.42 Å². The molecule has 0 radical (unpaired) electrons. The van der Waals surface area contributed by atoms with Crippen molar-refractivity contribution in [3.63, 3.8) is 0 Å². The normalized spacial score (nSPS) is 10.6. The Morgan fingerprint density at radius 1 is 1.09 bits per heavy atom. The zero-order valence-corrected chi connectivity index (χ0v) is 15.6. The number of hydrogen-bond donors (Lipinski definition) is 2. The van der Waals surface area contributed by atoms with Gasteiger partial charge in [-0.3, -0.25) is 4.99 Å². The molecule has 3 N–H and O–H groups in total. The average Bonchev–Trinajstić information content (AvgIpc) is 2.55. The van der Waals surface area contributed by atoms with Gasteiger partial charge in [0.15, 0.2) is 5.96 Å². The zero-order valence-electron chi connectivity index (χ0n) is 13.3. The van der Waals surface area contributed by atoms with Crippen molar-refractivity contribution in [3.05, 3.63) is 54.1 Å². The third-order valence-electron chi connectivity index (χ3n) is 3.20. The van der Waals surface area contributed by atoms with Gasteiger partial charge in [-0.1, -0.05) is 18.2 Å². The predicted octanol–water partition coefficient (Wildman–Crippen LogP) is 3.29. The fourth-order valence-corrected chi connectivity index (χ4v) is 2.08. The summed E-state index contributed by atoms with van der Waals surface area (Å²) in [6, 6.07) is 15.4. The molecule has 0 amide bonds. The van der Waals surface area contributed by atoms with Crippen LogP contribution in [0.1, 0.15) is 5.56 Å². The summed E-state index contributed by atoms with van der Waals surface area (Å²) in [7, 11) is 3.30. The maximum absolute atomic E-state index is 5.88. The number of ether oxygens (including phenoxy) is 2. The van der Waals surface area contributed by atoms with Gasteiger partial charge in [0.2, 0.25) is 0 Å². The van der Waals surface area contributed by atoms with Crippen LogP contribution in [0.2, 0.25) is 0 Å². The summed E-state index contributed by atoms with van der Waals surface area (Å²) in [5.74, 6) is 2.02. The van der Waals surface area contributed by atoms with E-state index in [2.05, 4.69) is 10.3 Å². The first-order valence-corrected chi connectivity index (χ1v) is 7.06. The highest BCUT2D eigenvalue weighted by Crippen LogP contribution is 2.24. The molecule has 0 aliphatic heterocycles. The lowest BCUT2D eigenvalue weighted by molar-refractivity contribution is 0.399. The van der Waals surface area contributed by atoms with Crippen LogP contribution in [0, 0.1) is 0 Å². The topological polar surface area (TPSA) is 68.9 Å². The van der Waals surface area contributed by atoms with Gasteiger partial charge in [-0.25, -0.2) is 0 Å². The number of benzene rings is 2. The minimum atomic E-state index is 0. The van der Waals surface area contributed by atoms with Crippen molar-refractivity contribution < 1.29 is 9.47 Å². The molecule has 0 spiro atoms. The van der Waals surface area contributed by atoms with Crippen LogP contribution in [0.4, 0.5) is 5.69 Å². The van der Waals surface area contributed by atoms with Crippen LogP contribution in [0.15, 0.2) is 53.5 Å². The van der Waals surface area contributed by atoms with Crippen molar-refractivity contribution in [1.82, 2.24) is 0 Å². The largest absolute Gasteiger partial charge is 0.497 e. The second-order valence-corrected chi connectivity index (χ2v) is 4.69. The third-order valence-corrected chi connectivity index (χ3v) is 3.20. The Balaban J connectivity index is 0.00000264. The number of methoxy groups -OCH3 is 2. The van der Waals surface area contributed by atoms with Gasteiger partial charge in [0.1, 0.15) is 11.5 Å². The molecule has 0 unspecified atom stereocenters. The van der Waals surface area contributed by atoms with E-state index in [-0.39, 0.29) is 24.0 Å². The van der Waals surface area contributed by atoms with E-state index in [0.29, 0.717) is 12.5 Å². The molecule has 0 aliphatic carbocycles. The van der Waals surface area contributed by atoms with Crippen molar-refractivity contribution in [2.75, 3.05) is 26.1 Å². The van der Waals surface area contributed by atoms with E-state index in [4.69, 9.17) is 15.2 Å². The smallest absolute Gasteiger partial charge is 0.193 e. The molecule has 0 heterocycles. The van der Waals surface area contributed by atoms with E-state index in [1.807, 2.05) is 48.5 Å². The molecule has 0 saturated carbocycles. The molecular formula is C17H22IN3O2. The maximum Gasteiger partial charge on any atom is 0.193 e. The van der Waals surface area contributed by atoms with Gasteiger partial charge in [0.05, 0.1) is 14.2 Å². The van der Waals surface area contributed by atoms with E-state index in [1.165, 1.54) is 0 Å². The SMILES string of the molecule is COc1ccc(OC)c(CCN=C(N)Nc2ccccc2)c1.I. The molecule has 0 atom stereocenters. The van der Waals surface area contributed by atoms with Crippen LogP contribution in [0.3, 0.4) is 0 Å². The third kappa shape index (κ3) is 5.97. The number of nitrogens with zero attached hydrogens (tertiary/aromatic N) is 1. The van der Waals surface area contributed by atoms with Crippen LogP contribution in [-0.2, 0) is 6.42 Å². The number of para-hydroxylation sites is 1. The molecule has 5 nitrogen and oxygen atoms in total. The fourth-order valence-electron chi connectivity index (χ4n) is 2.08. The number of halogens is 1. The standard InChI is InChI=1S/C17H21N3O2.HI/c1-21-15-8-9-16(22-2)13(12-15)10-11-19-17(18)20-14-6-4-3-5-7-14;/h3-9,12H,10-11H2,1-2H3,(H3,18,19,20);1H. The molecule has 0 aliphatic rings. The lowest BCUT2D eigenvalue weighted by Crippen LogP contribution is -2.23. The Morgan fingerprint density at radius 3 is 2.48 bits per heavy atom. The van der Waals surface area contributed by atoms with E-state index >= 15 is 0 Å². The summed E-state index contributed by atoms with van der Waals surface area (Å²) >= 11 is 0. The van der Waals surface area contributed by atoms with Gasteiger partial charge in [0, 0.05) is 12.2 Å². The summed E-state index contributed by atoms with van der Waals surface area (Å²) in [5.41, 5.74) is 7.84. The van der Waals surface area contributed by atoms with E-state index < -0.39 is 0 Å². The number of guanidine groups is 1. The Bertz CT molecular complexity index is 633. The number of anilines is 1. The minimum absolute atomic E-state index is 0. The van der Waals surface area contributed by atoms with Gasteiger partial charge in [-0.05, 0) is 42.3 Å². The highest BCUT2D eigenvalue weighted by molar-refractivity contribution is 14.0. The molecule has 23 heavy (non-hydrogen) atoms. The van der Waals surface area contributed by atoms with Crippen LogP contribution in [-0.4, -0.2) is 26.7 Å². The molecule has 0 saturated heterocycles. The van der Waals surface area contributed by atoms with Crippen LogP contribution in [0.25, 0.3) is 0 Å². The van der Waals surface area contributed by atoms with Gasteiger partial charge in [-0.15, -0.1) is 24.0 Å². The number of aliphatic imine (C=N–C) groups is 1. The number of nitrogens with one attached hydrogen (secondary N) is 1. The summed E-state index contributed by atoms with van der Waals surface area (Å²) < 4.78 is 10.6. The first-order valence-electron chi connectivity index (χ1n) is 7.06. The first kappa shape index (κ1) is 19.1. The monoisotopic (exact) mass is 427 g/mol. The zero-order chi connectivity index (χ0) is 15.8. The Hall–Kier alpha value is -1.96. The van der Waals surface area contributed by atoms with Crippen molar-refractivity contribution >= 4 is 35.6 Å². The molecule has 124 valence electrons. The summed E-state index contributed by atoms with van der Waals surface area (Å²) in [6.07, 6.45) is 0.720. The molecule has 0 aromatic heterocycles. The van der Waals surface area contributed by atoms with E-state index in [0.717, 1.165) is 29.2 Å². The van der Waals surface area contributed by atoms with Gasteiger partial charge >= 0.3 is 0 Å². The Labute approximate surface area is 153 Å². The quantitative estimate of drug-likeness (QED) is 0.422. The molecule has 2 rings (SSSR count). The maximum atomic E-state index is 5.88. The summed E-state index contributed by atoms with van der Waals surface area (Å²) in [5, 5.41) is 3.05. The highest BCUT2D eigenvalue weighted by Gasteiger charge is 2.04. The molecule has 0 fully saturated rings. The van der Waals surface area contributed by atoms with Gasteiger partial charge in [0.25, 0.3) is 0 Å². The Morgan fingerprint density at radius 2 is 1.83 bits per heavy atom. The van der Waals surface area contributed by atoms with Crippen molar-refractivity contribution in [3.8, 4) is 11.5 Å². The van der Waals surface area contributed by atoms with Crippen LogP contribution >= 0.6 is 24.0 Å². The number of hydrogen-bond acceptors (Lipinski definition) is 3. The molecule has 2 aromatic carbocycles. The van der Waals surface area contributed by atoms with E-state index in [1.54, 1.807) is 14.2 Å². The molecule has 2 aromatic rings. The van der Waals surface area contributed by atoms with E-state index in [9.17, 15) is 0 Å².